The summed E-state index contributed by atoms with van der Waals surface area (Å²) < 4.78 is 0. The quantitative estimate of drug-likeness (QED) is 0.341. The number of nitrogens with two attached hydrogens (primary N) is 1. The molecular weight excluding hydrogens is 256 g/mol. The fourth-order valence-electron chi connectivity index (χ4n) is 2.51. The van der Waals surface area contributed by atoms with Crippen LogP contribution in [0.5, 0.6) is 0 Å². The third-order valence-electron chi connectivity index (χ3n) is 3.51. The van der Waals surface area contributed by atoms with Gasteiger partial charge in [-0.3, -0.25) is 0 Å². The van der Waals surface area contributed by atoms with Crippen molar-refractivity contribution in [1.82, 2.24) is 4.90 Å². The Kier molecular flexibility index (Phi) is 4.81. The molecule has 0 atom stereocenters. The highest BCUT2D eigenvalue weighted by Gasteiger charge is 2.27. The van der Waals surface area contributed by atoms with E-state index in [1.54, 1.807) is 4.90 Å². The minimum atomic E-state index is -0.213. The highest BCUT2D eigenvalue weighted by Crippen LogP contribution is 2.24. The average molecular weight is 276 g/mol. The number of benzene rings is 1. The predicted octanol–water partition coefficient (Wildman–Crippen LogP) is 2.21. The maximum Gasteiger partial charge on any atom is 0.322 e. The second-order valence-corrected chi connectivity index (χ2v) is 4.95. The number of amidine groups is 1. The fourth-order valence-corrected chi connectivity index (χ4v) is 2.51. The van der Waals surface area contributed by atoms with Crippen molar-refractivity contribution in [3.05, 3.63) is 30.3 Å². The molecule has 0 aromatic heterocycles. The second kappa shape index (κ2) is 6.79. The Morgan fingerprint density at radius 1 is 1.35 bits per heavy atom. The number of carbonyl (C=O) groups is 1. The summed E-state index contributed by atoms with van der Waals surface area (Å²) in [4.78, 5) is 14.0. The van der Waals surface area contributed by atoms with Crippen molar-refractivity contribution in [1.29, 1.82) is 0 Å². The van der Waals surface area contributed by atoms with Crippen LogP contribution in [0.4, 0.5) is 10.5 Å². The normalized spacial score (nSPS) is 16.1. The Hall–Kier alpha value is -2.24. The first-order chi connectivity index (χ1) is 9.70. The van der Waals surface area contributed by atoms with E-state index in [0.29, 0.717) is 0 Å². The van der Waals surface area contributed by atoms with Crippen molar-refractivity contribution in [3.8, 4) is 0 Å². The molecule has 1 aliphatic rings. The summed E-state index contributed by atoms with van der Waals surface area (Å²) in [6.07, 6.45) is 4.13. The van der Waals surface area contributed by atoms with E-state index in [4.69, 9.17) is 10.9 Å². The minimum absolute atomic E-state index is 0.0418. The summed E-state index contributed by atoms with van der Waals surface area (Å²) in [6, 6.07) is 9.20. The Balaban J connectivity index is 2.06. The van der Waals surface area contributed by atoms with Crippen LogP contribution in [0.25, 0.3) is 0 Å². The van der Waals surface area contributed by atoms with E-state index in [2.05, 4.69) is 10.5 Å². The van der Waals surface area contributed by atoms with Gasteiger partial charge in [-0.2, -0.15) is 0 Å². The van der Waals surface area contributed by atoms with Crippen LogP contribution in [0.15, 0.2) is 35.5 Å². The van der Waals surface area contributed by atoms with E-state index in [1.165, 1.54) is 0 Å². The molecule has 0 bridgehead atoms. The number of carbonyl (C=O) groups excluding carboxylic acids is 1. The number of oxime groups is 1. The Morgan fingerprint density at radius 3 is 2.60 bits per heavy atom. The third kappa shape index (κ3) is 3.63. The molecule has 0 saturated heterocycles. The maximum absolute atomic E-state index is 12.4. The van der Waals surface area contributed by atoms with Crippen LogP contribution in [-0.2, 0) is 0 Å². The number of anilines is 1. The Labute approximate surface area is 118 Å². The molecule has 1 aromatic rings. The monoisotopic (exact) mass is 276 g/mol. The average Bonchev–Trinajstić information content (AvgIpc) is 2.99. The zero-order valence-electron chi connectivity index (χ0n) is 11.3. The van der Waals surface area contributed by atoms with Gasteiger partial charge in [-0.1, -0.05) is 36.2 Å². The summed E-state index contributed by atoms with van der Waals surface area (Å²) in [5.41, 5.74) is 6.29. The van der Waals surface area contributed by atoms with Crippen LogP contribution in [0.1, 0.15) is 25.7 Å². The first kappa shape index (κ1) is 14.2. The molecule has 4 N–H and O–H groups in total. The molecule has 1 aliphatic carbocycles. The van der Waals surface area contributed by atoms with Crippen LogP contribution in [0.3, 0.4) is 0 Å². The van der Waals surface area contributed by atoms with Gasteiger partial charge in [0, 0.05) is 11.7 Å². The molecule has 1 aromatic carbocycles. The summed E-state index contributed by atoms with van der Waals surface area (Å²) >= 11 is 0. The number of rotatable bonds is 4. The summed E-state index contributed by atoms with van der Waals surface area (Å²) in [6.45, 7) is 0.139. The molecule has 6 nitrogen and oxygen atoms in total. The first-order valence-electron chi connectivity index (χ1n) is 6.80. The minimum Gasteiger partial charge on any atom is -0.409 e. The van der Waals surface area contributed by atoms with Gasteiger partial charge in [0.05, 0.1) is 6.54 Å². The molecule has 2 rings (SSSR count). The number of hydrogen-bond donors (Lipinski definition) is 3. The van der Waals surface area contributed by atoms with Crippen LogP contribution >= 0.6 is 0 Å². The lowest BCUT2D eigenvalue weighted by atomic mass is 10.2. The third-order valence-corrected chi connectivity index (χ3v) is 3.51. The van der Waals surface area contributed by atoms with Gasteiger partial charge in [0.25, 0.3) is 0 Å². The molecule has 0 heterocycles. The van der Waals surface area contributed by atoms with Crippen LogP contribution in [0, 0.1) is 0 Å². The first-order valence-corrected chi connectivity index (χ1v) is 6.80. The summed E-state index contributed by atoms with van der Waals surface area (Å²) in [5.74, 6) is 0.0418. The molecule has 1 fully saturated rings. The van der Waals surface area contributed by atoms with E-state index in [9.17, 15) is 4.79 Å². The van der Waals surface area contributed by atoms with Gasteiger partial charge in [0.15, 0.2) is 5.84 Å². The summed E-state index contributed by atoms with van der Waals surface area (Å²) in [5, 5.41) is 14.5. The van der Waals surface area contributed by atoms with Crippen LogP contribution in [-0.4, -0.2) is 34.6 Å². The van der Waals surface area contributed by atoms with Gasteiger partial charge >= 0.3 is 6.03 Å². The number of para-hydroxylation sites is 1. The van der Waals surface area contributed by atoms with Crippen LogP contribution in [0.2, 0.25) is 0 Å². The fraction of sp³-hybridized carbons (Fsp3) is 0.429. The topological polar surface area (TPSA) is 91.0 Å². The van der Waals surface area contributed by atoms with E-state index >= 15 is 0 Å². The lowest BCUT2D eigenvalue weighted by Gasteiger charge is -2.28. The van der Waals surface area contributed by atoms with Gasteiger partial charge in [0.2, 0.25) is 0 Å². The van der Waals surface area contributed by atoms with E-state index in [1.807, 2.05) is 30.3 Å². The van der Waals surface area contributed by atoms with Crippen molar-refractivity contribution >= 4 is 17.6 Å². The molecule has 0 aliphatic heterocycles. The number of nitrogens with one attached hydrogen (secondary N) is 1. The molecule has 108 valence electrons. The molecule has 0 unspecified atom stereocenters. The smallest absolute Gasteiger partial charge is 0.322 e. The standard InChI is InChI=1S/C14H20N4O2/c15-13(17-20)10-18(12-8-4-5-9-12)14(19)16-11-6-2-1-3-7-11/h1-3,6-7,12,20H,4-5,8-10H2,(H2,15,17)(H,16,19). The Morgan fingerprint density at radius 2 is 2.00 bits per heavy atom. The van der Waals surface area contributed by atoms with E-state index in [-0.39, 0.29) is 24.5 Å². The molecule has 1 saturated carbocycles. The number of nitrogens with zero attached hydrogens (tertiary/aromatic N) is 2. The van der Waals surface area contributed by atoms with E-state index < -0.39 is 0 Å². The van der Waals surface area contributed by atoms with Crippen molar-refractivity contribution in [3.63, 3.8) is 0 Å². The lowest BCUT2D eigenvalue weighted by Crippen LogP contribution is -2.46. The van der Waals surface area contributed by atoms with Crippen molar-refractivity contribution in [2.45, 2.75) is 31.7 Å². The molecule has 0 radical (unpaired) electrons. The zero-order chi connectivity index (χ0) is 14.4. The summed E-state index contributed by atoms with van der Waals surface area (Å²) in [7, 11) is 0. The van der Waals surface area contributed by atoms with Gasteiger partial charge in [-0.15, -0.1) is 0 Å². The number of hydrogen-bond acceptors (Lipinski definition) is 3. The number of urea groups is 1. The zero-order valence-corrected chi connectivity index (χ0v) is 11.3. The highest BCUT2D eigenvalue weighted by molar-refractivity contribution is 5.93. The highest BCUT2D eigenvalue weighted by atomic mass is 16.4. The van der Waals surface area contributed by atoms with Crippen molar-refractivity contribution in [2.24, 2.45) is 10.9 Å². The molecule has 2 amide bonds. The largest absolute Gasteiger partial charge is 0.409 e. The predicted molar refractivity (Wildman–Crippen MR) is 77.8 cm³/mol. The van der Waals surface area contributed by atoms with Gasteiger partial charge in [-0.05, 0) is 25.0 Å². The van der Waals surface area contributed by atoms with Gasteiger partial charge < -0.3 is 21.2 Å². The maximum atomic E-state index is 12.4. The van der Waals surface area contributed by atoms with Crippen molar-refractivity contribution in [2.75, 3.05) is 11.9 Å². The van der Waals surface area contributed by atoms with E-state index in [0.717, 1.165) is 31.4 Å². The van der Waals surface area contributed by atoms with Crippen LogP contribution < -0.4 is 11.1 Å². The Bertz CT molecular complexity index is 469. The second-order valence-electron chi connectivity index (χ2n) is 4.95. The van der Waals surface area contributed by atoms with Gasteiger partial charge in [0.1, 0.15) is 0 Å². The van der Waals surface area contributed by atoms with Crippen molar-refractivity contribution < 1.29 is 10.0 Å². The van der Waals surface area contributed by atoms with Gasteiger partial charge in [-0.25, -0.2) is 4.79 Å². The molecule has 6 heteroatoms. The SMILES string of the molecule is NC(CN(C(=O)Nc1ccccc1)C1CCCC1)=NO. The molecule has 0 spiro atoms. The lowest BCUT2D eigenvalue weighted by molar-refractivity contribution is 0.197. The molecule has 20 heavy (non-hydrogen) atoms. The molecular formula is C14H20N4O2. The number of amides is 2.